The number of halogens is 2. The van der Waals surface area contributed by atoms with Gasteiger partial charge in [0, 0.05) is 11.1 Å². The van der Waals surface area contributed by atoms with Crippen molar-refractivity contribution >= 4 is 29.9 Å². The Labute approximate surface area is 125 Å². The van der Waals surface area contributed by atoms with Crippen LogP contribution >= 0.6 is 24.0 Å². The normalized spacial score (nSPS) is 23.5. The lowest BCUT2D eigenvalue weighted by Crippen LogP contribution is -2.39. The Morgan fingerprint density at radius 1 is 1.42 bits per heavy atom. The molecule has 1 aliphatic carbocycles. The number of hydrogen-bond acceptors (Lipinski definition) is 2. The zero-order valence-corrected chi connectivity index (χ0v) is 12.5. The molecule has 5 heteroatoms. The predicted octanol–water partition coefficient (Wildman–Crippen LogP) is 3.07. The molecule has 1 aliphatic rings. The monoisotopic (exact) mass is 302 g/mol. The van der Waals surface area contributed by atoms with Crippen LogP contribution in [0.1, 0.15) is 37.8 Å². The first-order valence-electron chi connectivity index (χ1n) is 6.40. The minimum Gasteiger partial charge on any atom is -0.349 e. The van der Waals surface area contributed by atoms with Crippen LogP contribution in [0.15, 0.2) is 24.3 Å². The Hall–Kier alpha value is -0.770. The average Bonchev–Trinajstić information content (AvgIpc) is 2.76. The number of nitrogens with two attached hydrogens (primary N) is 1. The van der Waals surface area contributed by atoms with Crippen LogP contribution in [0.4, 0.5) is 0 Å². The van der Waals surface area contributed by atoms with Gasteiger partial charge in [0.15, 0.2) is 0 Å². The molecule has 2 rings (SSSR count). The number of carbonyl (C=O) groups is 1. The maximum Gasteiger partial charge on any atom is 0.225 e. The largest absolute Gasteiger partial charge is 0.349 e. The smallest absolute Gasteiger partial charge is 0.225 e. The Kier molecular flexibility index (Phi) is 6.11. The van der Waals surface area contributed by atoms with Crippen LogP contribution in [0.25, 0.3) is 0 Å². The quantitative estimate of drug-likeness (QED) is 0.901. The van der Waals surface area contributed by atoms with Crippen molar-refractivity contribution in [1.29, 1.82) is 0 Å². The van der Waals surface area contributed by atoms with E-state index >= 15 is 0 Å². The second kappa shape index (κ2) is 7.13. The molecule has 19 heavy (non-hydrogen) atoms. The van der Waals surface area contributed by atoms with Gasteiger partial charge in [-0.25, -0.2) is 0 Å². The van der Waals surface area contributed by atoms with Gasteiger partial charge in [-0.2, -0.15) is 0 Å². The average molecular weight is 303 g/mol. The molecule has 3 unspecified atom stereocenters. The minimum absolute atomic E-state index is 0. The molecule has 106 valence electrons. The van der Waals surface area contributed by atoms with Gasteiger partial charge in [-0.05, 0) is 31.4 Å². The first-order valence-corrected chi connectivity index (χ1v) is 6.77. The SMILES string of the molecule is CC(NC(=O)C1CCCC1N)c1ccccc1Cl.Cl. The lowest BCUT2D eigenvalue weighted by Gasteiger charge is -2.20. The van der Waals surface area contributed by atoms with E-state index in [1.165, 1.54) is 0 Å². The molecule has 0 spiro atoms. The second-order valence-corrected chi connectivity index (χ2v) is 5.36. The third kappa shape index (κ3) is 3.85. The highest BCUT2D eigenvalue weighted by Gasteiger charge is 2.31. The number of benzene rings is 1. The van der Waals surface area contributed by atoms with Crippen molar-refractivity contribution in [1.82, 2.24) is 5.32 Å². The van der Waals surface area contributed by atoms with Crippen LogP contribution in [0.2, 0.25) is 5.02 Å². The number of amides is 1. The van der Waals surface area contributed by atoms with E-state index in [9.17, 15) is 4.79 Å². The van der Waals surface area contributed by atoms with Gasteiger partial charge < -0.3 is 11.1 Å². The lowest BCUT2D eigenvalue weighted by molar-refractivity contribution is -0.125. The molecule has 1 saturated carbocycles. The summed E-state index contributed by atoms with van der Waals surface area (Å²) in [7, 11) is 0. The molecule has 1 aromatic rings. The van der Waals surface area contributed by atoms with Crippen molar-refractivity contribution < 1.29 is 4.79 Å². The van der Waals surface area contributed by atoms with Crippen molar-refractivity contribution in [2.24, 2.45) is 11.7 Å². The topological polar surface area (TPSA) is 55.1 Å². The summed E-state index contributed by atoms with van der Waals surface area (Å²) in [5.41, 5.74) is 6.88. The molecule has 0 radical (unpaired) electrons. The summed E-state index contributed by atoms with van der Waals surface area (Å²) >= 11 is 6.11. The zero-order chi connectivity index (χ0) is 13.1. The molecular weight excluding hydrogens is 283 g/mol. The van der Waals surface area contributed by atoms with Crippen molar-refractivity contribution in [3.8, 4) is 0 Å². The highest BCUT2D eigenvalue weighted by atomic mass is 35.5. The fraction of sp³-hybridized carbons (Fsp3) is 0.500. The molecule has 0 aromatic heterocycles. The highest BCUT2D eigenvalue weighted by molar-refractivity contribution is 6.31. The summed E-state index contributed by atoms with van der Waals surface area (Å²) in [6.45, 7) is 1.94. The summed E-state index contributed by atoms with van der Waals surface area (Å²) in [6.07, 6.45) is 2.88. The van der Waals surface area contributed by atoms with Gasteiger partial charge in [-0.3, -0.25) is 4.79 Å². The van der Waals surface area contributed by atoms with E-state index in [1.54, 1.807) is 0 Å². The molecule has 0 heterocycles. The summed E-state index contributed by atoms with van der Waals surface area (Å²) < 4.78 is 0. The zero-order valence-electron chi connectivity index (χ0n) is 10.9. The second-order valence-electron chi connectivity index (χ2n) is 4.95. The number of nitrogens with one attached hydrogen (secondary N) is 1. The van der Waals surface area contributed by atoms with E-state index in [0.717, 1.165) is 24.8 Å². The first kappa shape index (κ1) is 16.3. The Morgan fingerprint density at radius 3 is 2.68 bits per heavy atom. The molecule has 3 atom stereocenters. The van der Waals surface area contributed by atoms with Gasteiger partial charge in [-0.15, -0.1) is 12.4 Å². The van der Waals surface area contributed by atoms with E-state index in [-0.39, 0.29) is 36.3 Å². The minimum atomic E-state index is -0.0843. The lowest BCUT2D eigenvalue weighted by atomic mass is 10.0. The molecule has 0 aliphatic heterocycles. The predicted molar refractivity (Wildman–Crippen MR) is 80.6 cm³/mol. The number of hydrogen-bond donors (Lipinski definition) is 2. The third-order valence-corrected chi connectivity index (χ3v) is 3.98. The van der Waals surface area contributed by atoms with Crippen LogP contribution in [0.3, 0.4) is 0 Å². The van der Waals surface area contributed by atoms with Gasteiger partial charge in [-0.1, -0.05) is 36.2 Å². The van der Waals surface area contributed by atoms with Crippen molar-refractivity contribution in [2.45, 2.75) is 38.3 Å². The first-order chi connectivity index (χ1) is 8.59. The highest BCUT2D eigenvalue weighted by Crippen LogP contribution is 2.26. The van der Waals surface area contributed by atoms with Gasteiger partial charge in [0.05, 0.1) is 12.0 Å². The fourth-order valence-electron chi connectivity index (χ4n) is 2.54. The van der Waals surface area contributed by atoms with Crippen LogP contribution in [0, 0.1) is 5.92 Å². The van der Waals surface area contributed by atoms with E-state index in [2.05, 4.69) is 5.32 Å². The van der Waals surface area contributed by atoms with E-state index in [0.29, 0.717) is 5.02 Å². The molecule has 1 amide bonds. The molecule has 0 saturated heterocycles. The van der Waals surface area contributed by atoms with Crippen LogP contribution in [-0.4, -0.2) is 11.9 Å². The maximum atomic E-state index is 12.1. The van der Waals surface area contributed by atoms with Crippen LogP contribution in [-0.2, 0) is 4.79 Å². The molecule has 1 fully saturated rings. The molecule has 0 bridgehead atoms. The summed E-state index contributed by atoms with van der Waals surface area (Å²) in [5.74, 6) is 0.00218. The molecule has 3 N–H and O–H groups in total. The van der Waals surface area contributed by atoms with Crippen LogP contribution in [0.5, 0.6) is 0 Å². The molecule has 1 aromatic carbocycles. The van der Waals surface area contributed by atoms with Crippen molar-refractivity contribution in [2.75, 3.05) is 0 Å². The summed E-state index contributed by atoms with van der Waals surface area (Å²) in [6, 6.07) is 7.49. The fourth-order valence-corrected chi connectivity index (χ4v) is 2.84. The van der Waals surface area contributed by atoms with Gasteiger partial charge in [0.2, 0.25) is 5.91 Å². The Morgan fingerprint density at radius 2 is 2.11 bits per heavy atom. The van der Waals surface area contributed by atoms with E-state index in [4.69, 9.17) is 17.3 Å². The maximum absolute atomic E-state index is 12.1. The number of rotatable bonds is 3. The molecule has 3 nitrogen and oxygen atoms in total. The van der Waals surface area contributed by atoms with Crippen molar-refractivity contribution in [3.63, 3.8) is 0 Å². The third-order valence-electron chi connectivity index (χ3n) is 3.64. The summed E-state index contributed by atoms with van der Waals surface area (Å²) in [5, 5.41) is 3.69. The molecular formula is C14H20Cl2N2O. The summed E-state index contributed by atoms with van der Waals surface area (Å²) in [4.78, 5) is 12.1. The Balaban J connectivity index is 0.00000180. The van der Waals surface area contributed by atoms with E-state index in [1.807, 2.05) is 31.2 Å². The van der Waals surface area contributed by atoms with Crippen molar-refractivity contribution in [3.05, 3.63) is 34.9 Å². The van der Waals surface area contributed by atoms with Crippen LogP contribution < -0.4 is 11.1 Å². The van der Waals surface area contributed by atoms with Gasteiger partial charge in [0.1, 0.15) is 0 Å². The van der Waals surface area contributed by atoms with Gasteiger partial charge >= 0.3 is 0 Å². The van der Waals surface area contributed by atoms with E-state index < -0.39 is 0 Å². The standard InChI is InChI=1S/C14H19ClN2O.ClH/c1-9(10-5-2-3-7-12(10)15)17-14(18)11-6-4-8-13(11)16;/h2-3,5,7,9,11,13H,4,6,8,16H2,1H3,(H,17,18);1H. The number of carbonyl (C=O) groups excluding carboxylic acids is 1. The van der Waals surface area contributed by atoms with Gasteiger partial charge in [0.25, 0.3) is 0 Å². The Bertz CT molecular complexity index is 439.